The van der Waals surface area contributed by atoms with Crippen LogP contribution in [-0.4, -0.2) is 21.9 Å². The Bertz CT molecular complexity index is 152. The fourth-order valence-corrected chi connectivity index (χ4v) is 1.91. The van der Waals surface area contributed by atoms with Crippen molar-refractivity contribution in [1.29, 1.82) is 0 Å². The van der Waals surface area contributed by atoms with Crippen LogP contribution in [0.5, 0.6) is 0 Å². The molecule has 0 radical (unpaired) electrons. The van der Waals surface area contributed by atoms with Crippen LogP contribution in [0.1, 0.15) is 40.0 Å². The second-order valence-electron chi connectivity index (χ2n) is 4.65. The Hall–Kier alpha value is -0.0800. The molecule has 3 atom stereocenters. The number of hydrogen-bond acceptors (Lipinski definition) is 2. The summed E-state index contributed by atoms with van der Waals surface area (Å²) in [6, 6.07) is 0. The average Bonchev–Trinajstić information content (AvgIpc) is 1.94. The maximum Gasteiger partial charge on any atom is 0.0877 e. The summed E-state index contributed by atoms with van der Waals surface area (Å²) in [4.78, 5) is 0. The normalized spacial score (nSPS) is 43.5. The van der Waals surface area contributed by atoms with Crippen molar-refractivity contribution in [3.8, 4) is 0 Å². The van der Waals surface area contributed by atoms with Crippen LogP contribution in [0.4, 0.5) is 0 Å². The van der Waals surface area contributed by atoms with E-state index >= 15 is 0 Å². The van der Waals surface area contributed by atoms with Gasteiger partial charge in [-0.25, -0.2) is 0 Å². The Balaban J connectivity index is 2.52. The molecule has 1 aliphatic rings. The summed E-state index contributed by atoms with van der Waals surface area (Å²) in [7, 11) is 0. The molecule has 0 aromatic heterocycles. The lowest BCUT2D eigenvalue weighted by Gasteiger charge is -2.39. The van der Waals surface area contributed by atoms with Crippen LogP contribution in [-0.2, 0) is 0 Å². The van der Waals surface area contributed by atoms with Gasteiger partial charge in [0.25, 0.3) is 0 Å². The number of hydrogen-bond donors (Lipinski definition) is 2. The molecule has 0 unspecified atom stereocenters. The molecule has 2 heteroatoms. The van der Waals surface area contributed by atoms with Gasteiger partial charge in [0, 0.05) is 0 Å². The highest BCUT2D eigenvalue weighted by Crippen LogP contribution is 2.35. The van der Waals surface area contributed by atoms with Gasteiger partial charge in [0.15, 0.2) is 0 Å². The van der Waals surface area contributed by atoms with Crippen LogP contribution in [0, 0.1) is 11.8 Å². The first-order valence-corrected chi connectivity index (χ1v) is 4.84. The van der Waals surface area contributed by atoms with Crippen LogP contribution in [0.25, 0.3) is 0 Å². The van der Waals surface area contributed by atoms with Crippen molar-refractivity contribution in [3.05, 3.63) is 0 Å². The first-order valence-electron chi connectivity index (χ1n) is 4.84. The van der Waals surface area contributed by atoms with Crippen molar-refractivity contribution in [2.45, 2.75) is 51.7 Å². The maximum absolute atomic E-state index is 9.69. The highest BCUT2D eigenvalue weighted by molar-refractivity contribution is 4.89. The smallest absolute Gasteiger partial charge is 0.0877 e. The Morgan fingerprint density at radius 2 is 2.00 bits per heavy atom. The van der Waals surface area contributed by atoms with Gasteiger partial charge in [-0.1, -0.05) is 13.8 Å². The van der Waals surface area contributed by atoms with Gasteiger partial charge in [0.1, 0.15) is 0 Å². The number of aliphatic hydroxyl groups is 2. The van der Waals surface area contributed by atoms with Crippen LogP contribution >= 0.6 is 0 Å². The summed E-state index contributed by atoms with van der Waals surface area (Å²) < 4.78 is 0. The van der Waals surface area contributed by atoms with Crippen molar-refractivity contribution < 1.29 is 10.2 Å². The topological polar surface area (TPSA) is 40.5 Å². The van der Waals surface area contributed by atoms with Gasteiger partial charge in [-0.3, -0.25) is 0 Å². The van der Waals surface area contributed by atoms with Gasteiger partial charge in [-0.05, 0) is 38.0 Å². The third-order valence-electron chi connectivity index (χ3n) is 3.21. The lowest BCUT2D eigenvalue weighted by Crippen LogP contribution is -2.45. The molecule has 0 heterocycles. The fourth-order valence-electron chi connectivity index (χ4n) is 1.91. The molecule has 0 aromatic carbocycles. The highest BCUT2D eigenvalue weighted by Gasteiger charge is 2.37. The number of aliphatic hydroxyl groups excluding tert-OH is 1. The second kappa shape index (κ2) is 3.35. The average molecular weight is 172 g/mol. The molecule has 0 aromatic rings. The predicted octanol–water partition coefficient (Wildman–Crippen LogP) is 1.55. The molecule has 1 saturated carbocycles. The third kappa shape index (κ3) is 1.99. The van der Waals surface area contributed by atoms with E-state index in [0.717, 1.165) is 19.3 Å². The molecule has 1 rings (SSSR count). The zero-order valence-electron chi connectivity index (χ0n) is 8.25. The molecular formula is C10H20O2. The van der Waals surface area contributed by atoms with E-state index in [1.165, 1.54) is 0 Å². The summed E-state index contributed by atoms with van der Waals surface area (Å²) in [6.07, 6.45) is 2.00. The van der Waals surface area contributed by atoms with Crippen LogP contribution in [0.3, 0.4) is 0 Å². The summed E-state index contributed by atoms with van der Waals surface area (Å²) in [5, 5.41) is 19.3. The van der Waals surface area contributed by atoms with E-state index in [4.69, 9.17) is 0 Å². The standard InChI is InChI=1S/C10H20O2/c1-7(2)8-4-5-10(3,12)9(11)6-8/h7-9,11-12H,4-6H2,1-3H3/t8-,9+,10+/m1/s1. The van der Waals surface area contributed by atoms with Crippen LogP contribution in [0.2, 0.25) is 0 Å². The third-order valence-corrected chi connectivity index (χ3v) is 3.21. The van der Waals surface area contributed by atoms with Crippen LogP contribution in [0.15, 0.2) is 0 Å². The molecule has 0 amide bonds. The SMILES string of the molecule is CC(C)[C@@H]1CC[C@](C)(O)[C@@H](O)C1. The van der Waals surface area contributed by atoms with Crippen molar-refractivity contribution in [1.82, 2.24) is 0 Å². The van der Waals surface area contributed by atoms with Gasteiger partial charge in [-0.2, -0.15) is 0 Å². The highest BCUT2D eigenvalue weighted by atomic mass is 16.3. The molecule has 0 bridgehead atoms. The molecule has 2 N–H and O–H groups in total. The summed E-state index contributed by atoms with van der Waals surface area (Å²) in [5.74, 6) is 1.20. The second-order valence-corrected chi connectivity index (χ2v) is 4.65. The summed E-state index contributed by atoms with van der Waals surface area (Å²) in [6.45, 7) is 6.09. The van der Waals surface area contributed by atoms with Crippen molar-refractivity contribution in [3.63, 3.8) is 0 Å². The molecular weight excluding hydrogens is 152 g/mol. The Morgan fingerprint density at radius 1 is 1.42 bits per heavy atom. The molecule has 12 heavy (non-hydrogen) atoms. The predicted molar refractivity (Wildman–Crippen MR) is 48.8 cm³/mol. The Labute approximate surface area is 74.6 Å². The van der Waals surface area contributed by atoms with Crippen LogP contribution < -0.4 is 0 Å². The molecule has 0 spiro atoms. The zero-order valence-corrected chi connectivity index (χ0v) is 8.25. The summed E-state index contributed by atoms with van der Waals surface area (Å²) in [5.41, 5.74) is -0.842. The fraction of sp³-hybridized carbons (Fsp3) is 1.00. The molecule has 1 aliphatic carbocycles. The van der Waals surface area contributed by atoms with Gasteiger partial charge in [0.05, 0.1) is 11.7 Å². The first kappa shape index (κ1) is 10.0. The largest absolute Gasteiger partial charge is 0.390 e. The van der Waals surface area contributed by atoms with E-state index in [0.29, 0.717) is 11.8 Å². The first-order chi connectivity index (χ1) is 5.43. The van der Waals surface area contributed by atoms with E-state index < -0.39 is 11.7 Å². The minimum absolute atomic E-state index is 0.529. The van der Waals surface area contributed by atoms with Gasteiger partial charge < -0.3 is 10.2 Å². The van der Waals surface area contributed by atoms with Gasteiger partial charge >= 0.3 is 0 Å². The quantitative estimate of drug-likeness (QED) is 0.630. The number of rotatable bonds is 1. The molecule has 72 valence electrons. The molecule has 0 aliphatic heterocycles. The monoisotopic (exact) mass is 172 g/mol. The zero-order chi connectivity index (χ0) is 9.35. The van der Waals surface area contributed by atoms with Crippen molar-refractivity contribution >= 4 is 0 Å². The van der Waals surface area contributed by atoms with E-state index in [1.807, 2.05) is 0 Å². The summed E-state index contributed by atoms with van der Waals surface area (Å²) >= 11 is 0. The van der Waals surface area contributed by atoms with E-state index in [9.17, 15) is 10.2 Å². The molecule has 1 fully saturated rings. The minimum atomic E-state index is -0.842. The lowest BCUT2D eigenvalue weighted by atomic mass is 9.73. The van der Waals surface area contributed by atoms with Crippen molar-refractivity contribution in [2.75, 3.05) is 0 Å². The van der Waals surface area contributed by atoms with Crippen molar-refractivity contribution in [2.24, 2.45) is 11.8 Å². The van der Waals surface area contributed by atoms with Gasteiger partial charge in [0.2, 0.25) is 0 Å². The Kier molecular flexibility index (Phi) is 2.79. The lowest BCUT2D eigenvalue weighted by molar-refractivity contribution is -0.103. The van der Waals surface area contributed by atoms with E-state index in [1.54, 1.807) is 6.92 Å². The minimum Gasteiger partial charge on any atom is -0.390 e. The molecule has 2 nitrogen and oxygen atoms in total. The maximum atomic E-state index is 9.69. The van der Waals surface area contributed by atoms with E-state index in [2.05, 4.69) is 13.8 Å². The molecule has 0 saturated heterocycles. The van der Waals surface area contributed by atoms with E-state index in [-0.39, 0.29) is 0 Å². The van der Waals surface area contributed by atoms with Gasteiger partial charge in [-0.15, -0.1) is 0 Å². The Morgan fingerprint density at radius 3 is 2.42 bits per heavy atom.